The van der Waals surface area contributed by atoms with Gasteiger partial charge in [-0.1, -0.05) is 6.08 Å². The van der Waals surface area contributed by atoms with Crippen LogP contribution in [0.3, 0.4) is 0 Å². The van der Waals surface area contributed by atoms with E-state index in [1.807, 2.05) is 18.4 Å². The van der Waals surface area contributed by atoms with E-state index in [1.165, 1.54) is 0 Å². The number of allylic oxidation sites excluding steroid dienone is 1. The average Bonchev–Trinajstić information content (AvgIpc) is 2.48. The predicted octanol–water partition coefficient (Wildman–Crippen LogP) is 2.32. The lowest BCUT2D eigenvalue weighted by molar-refractivity contribution is 0.165. The van der Waals surface area contributed by atoms with Crippen LogP contribution in [0.15, 0.2) is 18.0 Å². The first-order valence-corrected chi connectivity index (χ1v) is 5.30. The fourth-order valence-electron chi connectivity index (χ4n) is 1.16. The van der Waals surface area contributed by atoms with E-state index >= 15 is 0 Å². The number of aliphatic hydroxyl groups excluding tert-OH is 1. The van der Waals surface area contributed by atoms with Gasteiger partial charge in [-0.05, 0) is 19.8 Å². The second-order valence-corrected chi connectivity index (χ2v) is 4.14. The summed E-state index contributed by atoms with van der Waals surface area (Å²) in [5.41, 5.74) is 0.999. The van der Waals surface area contributed by atoms with Crippen molar-refractivity contribution in [3.05, 3.63) is 28.7 Å². The minimum Gasteiger partial charge on any atom is -0.393 e. The van der Waals surface area contributed by atoms with Crippen molar-refractivity contribution >= 4 is 11.3 Å². The summed E-state index contributed by atoms with van der Waals surface area (Å²) >= 11 is 1.63. The van der Waals surface area contributed by atoms with Gasteiger partial charge in [-0.25, -0.2) is 4.98 Å². The zero-order chi connectivity index (χ0) is 9.68. The first-order valence-electron chi connectivity index (χ1n) is 4.42. The van der Waals surface area contributed by atoms with E-state index in [0.29, 0.717) is 6.42 Å². The lowest BCUT2D eigenvalue weighted by Gasteiger charge is -2.05. The van der Waals surface area contributed by atoms with Crippen molar-refractivity contribution in [1.82, 2.24) is 4.98 Å². The molecular weight excluding hydrogens is 182 g/mol. The maximum Gasteiger partial charge on any atom is 0.0897 e. The Hall–Kier alpha value is -0.670. The van der Waals surface area contributed by atoms with E-state index in [0.717, 1.165) is 23.5 Å². The summed E-state index contributed by atoms with van der Waals surface area (Å²) in [6.07, 6.45) is 3.86. The van der Waals surface area contributed by atoms with Gasteiger partial charge < -0.3 is 5.11 Å². The van der Waals surface area contributed by atoms with E-state index in [2.05, 4.69) is 11.6 Å². The maximum absolute atomic E-state index is 9.56. The smallest absolute Gasteiger partial charge is 0.0897 e. The zero-order valence-corrected chi connectivity index (χ0v) is 8.68. The van der Waals surface area contributed by atoms with Crippen LogP contribution < -0.4 is 0 Å². The minimum absolute atomic E-state index is 0.278. The molecule has 0 aliphatic rings. The fourth-order valence-corrected chi connectivity index (χ4v) is 1.78. The summed E-state index contributed by atoms with van der Waals surface area (Å²) in [6, 6.07) is 0. The van der Waals surface area contributed by atoms with Gasteiger partial charge in [0.25, 0.3) is 0 Å². The standard InChI is InChI=1S/C10H15NOS/c1-3-4-5-10(12)6-9-7-13-8(2)11-9/h3,7,10,12H,1,4-6H2,2H3. The molecule has 0 saturated carbocycles. The molecule has 0 aliphatic heterocycles. The van der Waals surface area contributed by atoms with Crippen molar-refractivity contribution < 1.29 is 5.11 Å². The number of rotatable bonds is 5. The molecule has 0 aromatic carbocycles. The number of thiazole rings is 1. The number of aliphatic hydroxyl groups is 1. The van der Waals surface area contributed by atoms with E-state index < -0.39 is 0 Å². The number of aryl methyl sites for hydroxylation is 1. The Bertz CT molecular complexity index is 270. The SMILES string of the molecule is C=CCCC(O)Cc1csc(C)n1. The maximum atomic E-state index is 9.56. The summed E-state index contributed by atoms with van der Waals surface area (Å²) in [4.78, 5) is 4.29. The molecule has 1 atom stereocenters. The van der Waals surface area contributed by atoms with Gasteiger partial charge in [0.15, 0.2) is 0 Å². The van der Waals surface area contributed by atoms with Gasteiger partial charge in [0.1, 0.15) is 0 Å². The molecular formula is C10H15NOS. The molecule has 0 amide bonds. The molecule has 0 spiro atoms. The van der Waals surface area contributed by atoms with Crippen LogP contribution in [0.1, 0.15) is 23.5 Å². The highest BCUT2D eigenvalue weighted by Crippen LogP contribution is 2.11. The van der Waals surface area contributed by atoms with Crippen LogP contribution in [0.5, 0.6) is 0 Å². The Balaban J connectivity index is 2.35. The van der Waals surface area contributed by atoms with Crippen LogP contribution >= 0.6 is 11.3 Å². The van der Waals surface area contributed by atoms with Gasteiger partial charge in [0.05, 0.1) is 16.8 Å². The first kappa shape index (κ1) is 10.4. The average molecular weight is 197 g/mol. The highest BCUT2D eigenvalue weighted by Gasteiger charge is 2.06. The van der Waals surface area contributed by atoms with Crippen molar-refractivity contribution in [3.63, 3.8) is 0 Å². The van der Waals surface area contributed by atoms with Gasteiger partial charge in [-0.15, -0.1) is 17.9 Å². The Morgan fingerprint density at radius 2 is 2.54 bits per heavy atom. The van der Waals surface area contributed by atoms with Crippen LogP contribution in [-0.2, 0) is 6.42 Å². The summed E-state index contributed by atoms with van der Waals surface area (Å²) in [6.45, 7) is 5.60. The molecule has 0 saturated heterocycles. The van der Waals surface area contributed by atoms with Crippen LogP contribution in [0.4, 0.5) is 0 Å². The molecule has 1 unspecified atom stereocenters. The third-order valence-electron chi connectivity index (χ3n) is 1.82. The van der Waals surface area contributed by atoms with Crippen LogP contribution in [0.25, 0.3) is 0 Å². The predicted molar refractivity (Wildman–Crippen MR) is 56.0 cm³/mol. The lowest BCUT2D eigenvalue weighted by atomic mass is 10.1. The van der Waals surface area contributed by atoms with E-state index in [-0.39, 0.29) is 6.10 Å². The molecule has 2 nitrogen and oxygen atoms in total. The Labute approximate surface area is 83.0 Å². The lowest BCUT2D eigenvalue weighted by Crippen LogP contribution is -2.09. The number of aromatic nitrogens is 1. The second-order valence-electron chi connectivity index (χ2n) is 3.08. The number of hydrogen-bond acceptors (Lipinski definition) is 3. The molecule has 1 heterocycles. The normalized spacial score (nSPS) is 12.8. The topological polar surface area (TPSA) is 33.1 Å². The number of nitrogens with zero attached hydrogens (tertiary/aromatic N) is 1. The zero-order valence-electron chi connectivity index (χ0n) is 7.86. The molecule has 13 heavy (non-hydrogen) atoms. The summed E-state index contributed by atoms with van der Waals surface area (Å²) < 4.78 is 0. The van der Waals surface area contributed by atoms with E-state index in [1.54, 1.807) is 11.3 Å². The highest BCUT2D eigenvalue weighted by atomic mass is 32.1. The van der Waals surface area contributed by atoms with Crippen molar-refractivity contribution in [2.75, 3.05) is 0 Å². The van der Waals surface area contributed by atoms with Crippen LogP contribution in [0, 0.1) is 6.92 Å². The molecule has 0 aliphatic carbocycles. The largest absolute Gasteiger partial charge is 0.393 e. The van der Waals surface area contributed by atoms with Crippen molar-refractivity contribution in [3.8, 4) is 0 Å². The van der Waals surface area contributed by atoms with Crippen molar-refractivity contribution in [1.29, 1.82) is 0 Å². The molecule has 1 aromatic rings. The first-order chi connectivity index (χ1) is 6.22. The van der Waals surface area contributed by atoms with Gasteiger partial charge in [-0.3, -0.25) is 0 Å². The Kier molecular flexibility index (Phi) is 4.12. The Morgan fingerprint density at radius 1 is 1.77 bits per heavy atom. The molecule has 1 rings (SSSR count). The molecule has 0 radical (unpaired) electrons. The third-order valence-corrected chi connectivity index (χ3v) is 2.64. The van der Waals surface area contributed by atoms with Gasteiger partial charge in [0, 0.05) is 11.8 Å². The minimum atomic E-state index is -0.278. The van der Waals surface area contributed by atoms with E-state index in [9.17, 15) is 5.11 Å². The van der Waals surface area contributed by atoms with Crippen LogP contribution in [0.2, 0.25) is 0 Å². The molecule has 3 heteroatoms. The van der Waals surface area contributed by atoms with Crippen LogP contribution in [-0.4, -0.2) is 16.2 Å². The summed E-state index contributed by atoms with van der Waals surface area (Å²) in [7, 11) is 0. The second kappa shape index (κ2) is 5.14. The Morgan fingerprint density at radius 3 is 3.08 bits per heavy atom. The number of hydrogen-bond donors (Lipinski definition) is 1. The molecule has 1 N–H and O–H groups in total. The van der Waals surface area contributed by atoms with Gasteiger partial charge in [-0.2, -0.15) is 0 Å². The molecule has 0 fully saturated rings. The summed E-state index contributed by atoms with van der Waals surface area (Å²) in [5, 5.41) is 12.6. The van der Waals surface area contributed by atoms with Crippen molar-refractivity contribution in [2.24, 2.45) is 0 Å². The van der Waals surface area contributed by atoms with E-state index in [4.69, 9.17) is 0 Å². The highest BCUT2D eigenvalue weighted by molar-refractivity contribution is 7.09. The molecule has 1 aromatic heterocycles. The van der Waals surface area contributed by atoms with Gasteiger partial charge >= 0.3 is 0 Å². The van der Waals surface area contributed by atoms with Gasteiger partial charge in [0.2, 0.25) is 0 Å². The molecule has 0 bridgehead atoms. The quantitative estimate of drug-likeness (QED) is 0.735. The fraction of sp³-hybridized carbons (Fsp3) is 0.500. The third kappa shape index (κ3) is 3.70. The van der Waals surface area contributed by atoms with Crippen molar-refractivity contribution in [2.45, 2.75) is 32.3 Å². The molecule has 72 valence electrons. The monoisotopic (exact) mass is 197 g/mol. The summed E-state index contributed by atoms with van der Waals surface area (Å²) in [5.74, 6) is 0.